The highest BCUT2D eigenvalue weighted by atomic mass is 16.6. The van der Waals surface area contributed by atoms with Crippen molar-refractivity contribution >= 4 is 0 Å². The lowest BCUT2D eigenvalue weighted by atomic mass is 9.76. The van der Waals surface area contributed by atoms with Crippen LogP contribution in [0.15, 0.2) is 91.0 Å². The highest BCUT2D eigenvalue weighted by Crippen LogP contribution is 2.54. The summed E-state index contributed by atoms with van der Waals surface area (Å²) in [5.74, 6) is 0.476. The molecule has 1 saturated carbocycles. The maximum Gasteiger partial charge on any atom is 0.171 e. The second kappa shape index (κ2) is 7.66. The Morgan fingerprint density at radius 1 is 0.767 bits per heavy atom. The molecule has 3 nitrogen and oxygen atoms in total. The molecule has 0 radical (unpaired) electrons. The fraction of sp³-hybridized carbons (Fsp3) is 0.333. The molecule has 0 aromatic heterocycles. The average molecular weight is 400 g/mol. The Labute approximate surface area is 178 Å². The molecule has 3 aromatic carbocycles. The van der Waals surface area contributed by atoms with E-state index in [1.807, 2.05) is 91.0 Å². The minimum absolute atomic E-state index is 0.0640. The molecule has 3 heteroatoms. The molecule has 1 aliphatic carbocycles. The van der Waals surface area contributed by atoms with Crippen molar-refractivity contribution in [2.45, 2.75) is 43.4 Å². The third kappa shape index (κ3) is 3.01. The SMILES string of the molecule is [O-][N+]1([C@@H](c2ccccc2)C(O)(c2ccccc2)c2ccccc2)CC[C@@H]2CCC[C@@H]21. The standard InChI is InChI=1S/C27H29NO2/c29-27(23-14-6-2-7-15-23,24-16-8-3-9-17-24)26(22-11-4-1-5-12-22)28(30)20-19-21-13-10-18-25(21)28/h1-9,11-12,14-17,21,25-26,29H,10,13,18-20H2/t21-,25-,26-,28?/m0/s1. The van der Waals surface area contributed by atoms with Gasteiger partial charge < -0.3 is 15.0 Å². The Kier molecular flexibility index (Phi) is 4.98. The van der Waals surface area contributed by atoms with Gasteiger partial charge in [-0.3, -0.25) is 0 Å². The zero-order chi connectivity index (χ0) is 20.6. The Morgan fingerprint density at radius 2 is 1.30 bits per heavy atom. The van der Waals surface area contributed by atoms with Gasteiger partial charge in [-0.05, 0) is 24.0 Å². The number of likely N-dealkylation sites (tertiary alicyclic amines) is 1. The number of aliphatic hydroxyl groups is 1. The van der Waals surface area contributed by atoms with Gasteiger partial charge >= 0.3 is 0 Å². The lowest BCUT2D eigenvalue weighted by Gasteiger charge is -2.55. The molecule has 0 amide bonds. The fourth-order valence-corrected chi connectivity index (χ4v) is 6.10. The van der Waals surface area contributed by atoms with Crippen molar-refractivity contribution < 1.29 is 9.75 Å². The van der Waals surface area contributed by atoms with Crippen molar-refractivity contribution in [3.8, 4) is 0 Å². The van der Waals surface area contributed by atoms with Gasteiger partial charge in [0.15, 0.2) is 11.6 Å². The van der Waals surface area contributed by atoms with Crippen molar-refractivity contribution in [2.24, 2.45) is 5.92 Å². The topological polar surface area (TPSA) is 43.3 Å². The number of hydrogen-bond donors (Lipinski definition) is 1. The molecule has 1 heterocycles. The molecule has 1 aliphatic heterocycles. The van der Waals surface area contributed by atoms with Crippen molar-refractivity contribution in [3.05, 3.63) is 113 Å². The van der Waals surface area contributed by atoms with E-state index in [9.17, 15) is 10.3 Å². The van der Waals surface area contributed by atoms with E-state index in [2.05, 4.69) is 0 Å². The summed E-state index contributed by atoms with van der Waals surface area (Å²) in [7, 11) is 0. The van der Waals surface area contributed by atoms with Crippen molar-refractivity contribution in [2.75, 3.05) is 6.54 Å². The summed E-state index contributed by atoms with van der Waals surface area (Å²) in [5.41, 5.74) is 1.05. The summed E-state index contributed by atoms with van der Waals surface area (Å²) in [6.07, 6.45) is 4.17. The molecule has 3 aromatic rings. The van der Waals surface area contributed by atoms with E-state index in [4.69, 9.17) is 0 Å². The molecule has 1 unspecified atom stereocenters. The van der Waals surface area contributed by atoms with Crippen LogP contribution >= 0.6 is 0 Å². The third-order valence-corrected chi connectivity index (χ3v) is 7.41. The van der Waals surface area contributed by atoms with Crippen LogP contribution in [0.4, 0.5) is 0 Å². The molecule has 0 spiro atoms. The quantitative estimate of drug-likeness (QED) is 0.451. The first-order valence-corrected chi connectivity index (χ1v) is 11.1. The summed E-state index contributed by atoms with van der Waals surface area (Å²) < 4.78 is -0.338. The summed E-state index contributed by atoms with van der Waals surface area (Å²) in [6, 6.07) is 28.9. The van der Waals surface area contributed by atoms with Gasteiger partial charge in [-0.15, -0.1) is 0 Å². The summed E-state index contributed by atoms with van der Waals surface area (Å²) in [5, 5.41) is 27.4. The van der Waals surface area contributed by atoms with Crippen LogP contribution in [0.2, 0.25) is 0 Å². The molecule has 154 valence electrons. The van der Waals surface area contributed by atoms with Crippen LogP contribution in [-0.2, 0) is 5.60 Å². The smallest absolute Gasteiger partial charge is 0.171 e. The first kappa shape index (κ1) is 19.5. The van der Waals surface area contributed by atoms with Gasteiger partial charge in [0, 0.05) is 24.3 Å². The minimum atomic E-state index is -1.41. The van der Waals surface area contributed by atoms with E-state index >= 15 is 0 Å². The van der Waals surface area contributed by atoms with Gasteiger partial charge in [0.2, 0.25) is 0 Å². The predicted molar refractivity (Wildman–Crippen MR) is 119 cm³/mol. The molecule has 2 aliphatic rings. The third-order valence-electron chi connectivity index (χ3n) is 7.41. The van der Waals surface area contributed by atoms with Crippen molar-refractivity contribution in [3.63, 3.8) is 0 Å². The van der Waals surface area contributed by atoms with E-state index in [0.717, 1.165) is 42.4 Å². The lowest BCUT2D eigenvalue weighted by molar-refractivity contribution is -0.931. The first-order valence-electron chi connectivity index (χ1n) is 11.1. The van der Waals surface area contributed by atoms with E-state index in [1.165, 1.54) is 0 Å². The molecule has 0 bridgehead atoms. The number of quaternary nitrogens is 1. The minimum Gasteiger partial charge on any atom is -0.632 e. The highest BCUT2D eigenvalue weighted by Gasteiger charge is 2.57. The Morgan fingerprint density at radius 3 is 1.87 bits per heavy atom. The van der Waals surface area contributed by atoms with Crippen LogP contribution in [0.1, 0.15) is 48.4 Å². The van der Waals surface area contributed by atoms with E-state index in [0.29, 0.717) is 12.5 Å². The molecular weight excluding hydrogens is 370 g/mol. The van der Waals surface area contributed by atoms with Crippen molar-refractivity contribution in [1.82, 2.24) is 0 Å². The number of hydrogen-bond acceptors (Lipinski definition) is 2. The van der Waals surface area contributed by atoms with Crippen LogP contribution in [0, 0.1) is 11.1 Å². The van der Waals surface area contributed by atoms with Gasteiger partial charge in [0.25, 0.3) is 0 Å². The van der Waals surface area contributed by atoms with Crippen LogP contribution in [0.3, 0.4) is 0 Å². The summed E-state index contributed by atoms with van der Waals surface area (Å²) in [4.78, 5) is 0. The van der Waals surface area contributed by atoms with Crippen LogP contribution < -0.4 is 0 Å². The Balaban J connectivity index is 1.76. The molecule has 2 fully saturated rings. The first-order chi connectivity index (χ1) is 14.6. The second-order valence-corrected chi connectivity index (χ2v) is 8.94. The molecule has 1 saturated heterocycles. The second-order valence-electron chi connectivity index (χ2n) is 8.94. The monoisotopic (exact) mass is 399 g/mol. The number of fused-ring (bicyclic) bond motifs is 1. The molecule has 30 heavy (non-hydrogen) atoms. The van der Waals surface area contributed by atoms with Gasteiger partial charge in [-0.2, -0.15) is 0 Å². The maximum absolute atomic E-state index is 14.8. The van der Waals surface area contributed by atoms with E-state index < -0.39 is 11.6 Å². The predicted octanol–water partition coefficient (Wildman–Crippen LogP) is 5.55. The van der Waals surface area contributed by atoms with Gasteiger partial charge in [0.05, 0.1) is 12.6 Å². The zero-order valence-corrected chi connectivity index (χ0v) is 17.2. The molecule has 1 N–H and O–H groups in total. The number of benzene rings is 3. The average Bonchev–Trinajstić information content (AvgIpc) is 3.40. The maximum atomic E-state index is 14.8. The van der Waals surface area contributed by atoms with Crippen LogP contribution in [-0.4, -0.2) is 22.3 Å². The van der Waals surface area contributed by atoms with Gasteiger partial charge in [-0.1, -0.05) is 91.0 Å². The largest absolute Gasteiger partial charge is 0.632 e. The van der Waals surface area contributed by atoms with Crippen LogP contribution in [0.5, 0.6) is 0 Å². The number of rotatable bonds is 5. The molecular formula is C27H29NO2. The highest BCUT2D eigenvalue weighted by molar-refractivity contribution is 5.40. The summed E-state index contributed by atoms with van der Waals surface area (Å²) in [6.45, 7) is 0.566. The van der Waals surface area contributed by atoms with Crippen molar-refractivity contribution in [1.29, 1.82) is 0 Å². The Bertz CT molecular complexity index is 936. The Hall–Kier alpha value is -2.46. The number of hydroxylamine groups is 3. The fourth-order valence-electron chi connectivity index (χ4n) is 6.10. The van der Waals surface area contributed by atoms with Gasteiger partial charge in [-0.25, -0.2) is 0 Å². The summed E-state index contributed by atoms with van der Waals surface area (Å²) >= 11 is 0. The normalized spacial score (nSPS) is 27.0. The van der Waals surface area contributed by atoms with Gasteiger partial charge in [0.1, 0.15) is 0 Å². The van der Waals surface area contributed by atoms with E-state index in [-0.39, 0.29) is 10.7 Å². The molecule has 4 atom stereocenters. The lowest BCUT2D eigenvalue weighted by Crippen LogP contribution is -2.57. The number of nitrogens with zero attached hydrogens (tertiary/aromatic N) is 1. The zero-order valence-electron chi connectivity index (χ0n) is 17.2. The molecule has 5 rings (SSSR count). The van der Waals surface area contributed by atoms with Crippen LogP contribution in [0.25, 0.3) is 0 Å². The van der Waals surface area contributed by atoms with E-state index in [1.54, 1.807) is 0 Å².